The van der Waals surface area contributed by atoms with Crippen LogP contribution in [-0.2, 0) is 16.6 Å². The number of nitrogens with one attached hydrogen (secondary N) is 1. The van der Waals surface area contributed by atoms with Gasteiger partial charge >= 0.3 is 0 Å². The van der Waals surface area contributed by atoms with Crippen LogP contribution in [0.1, 0.15) is 5.56 Å². The normalized spacial score (nSPS) is 14.5. The number of aromatic nitrogens is 1. The number of anilines is 1. The molecular weight excluding hydrogens is 609 g/mol. The van der Waals surface area contributed by atoms with Crippen molar-refractivity contribution in [2.45, 2.75) is 9.92 Å². The molecule has 1 fully saturated rings. The summed E-state index contributed by atoms with van der Waals surface area (Å²) in [4.78, 5) is 29.0. The number of nitrogens with zero attached hydrogens (tertiary/aromatic N) is 2. The zero-order chi connectivity index (χ0) is 29.4. The highest BCUT2D eigenvalue weighted by molar-refractivity contribution is 7.99. The topological polar surface area (TPSA) is 63.6 Å². The van der Waals surface area contributed by atoms with E-state index in [1.54, 1.807) is 48.5 Å². The molecule has 42 heavy (non-hydrogen) atoms. The van der Waals surface area contributed by atoms with Crippen LogP contribution in [0.25, 0.3) is 17.0 Å². The van der Waals surface area contributed by atoms with Crippen LogP contribution in [0.3, 0.4) is 0 Å². The summed E-state index contributed by atoms with van der Waals surface area (Å²) in [6.07, 6.45) is 1.61. The molecule has 1 saturated heterocycles. The van der Waals surface area contributed by atoms with E-state index in [1.165, 1.54) is 16.7 Å². The number of ether oxygens (including phenoxy) is 1. The molecule has 1 N–H and O–H groups in total. The highest BCUT2D eigenvalue weighted by Crippen LogP contribution is 2.43. The van der Waals surface area contributed by atoms with Crippen LogP contribution < -0.4 is 15.0 Å². The standard InChI is InChI=1S/C32H21Cl2N3O3S2/c1-36-27-13-6-5-10-22(27)23(31(36)42-28-25(33)11-7-12-26(28)34)18-24-29(38)35-32(41)37(30(24)39)19-14-16-21(17-15-19)40-20-8-3-2-4-9-20/h2-18H,1H3,(H,35,38,41)/b24-18+. The van der Waals surface area contributed by atoms with Crippen molar-refractivity contribution in [2.24, 2.45) is 7.05 Å². The lowest BCUT2D eigenvalue weighted by Crippen LogP contribution is -2.54. The van der Waals surface area contributed by atoms with Gasteiger partial charge in [0.15, 0.2) is 5.11 Å². The van der Waals surface area contributed by atoms with E-state index in [4.69, 9.17) is 40.2 Å². The first kappa shape index (κ1) is 28.1. The Labute approximate surface area is 261 Å². The van der Waals surface area contributed by atoms with Crippen LogP contribution in [0, 0.1) is 0 Å². The van der Waals surface area contributed by atoms with Gasteiger partial charge in [-0.2, -0.15) is 0 Å². The van der Waals surface area contributed by atoms with Crippen LogP contribution >= 0.6 is 47.2 Å². The van der Waals surface area contributed by atoms with E-state index in [2.05, 4.69) is 5.32 Å². The zero-order valence-corrected chi connectivity index (χ0v) is 25.2. The summed E-state index contributed by atoms with van der Waals surface area (Å²) >= 11 is 19.8. The van der Waals surface area contributed by atoms with Crippen LogP contribution in [0.2, 0.25) is 10.0 Å². The van der Waals surface area contributed by atoms with Crippen molar-refractivity contribution < 1.29 is 14.3 Å². The van der Waals surface area contributed by atoms with E-state index in [-0.39, 0.29) is 10.7 Å². The molecule has 1 aliphatic heterocycles. The molecular formula is C32H21Cl2N3O3S2. The number of aryl methyl sites for hydroxylation is 1. The van der Waals surface area contributed by atoms with E-state index in [0.29, 0.717) is 37.7 Å². The Kier molecular flexibility index (Phi) is 7.79. The van der Waals surface area contributed by atoms with Gasteiger partial charge in [0.05, 0.1) is 25.7 Å². The summed E-state index contributed by atoms with van der Waals surface area (Å²) in [6, 6.07) is 29.4. The minimum atomic E-state index is -0.579. The summed E-state index contributed by atoms with van der Waals surface area (Å²) in [6.45, 7) is 0. The Hall–Kier alpha value is -4.08. The molecule has 5 aromatic rings. The molecule has 0 bridgehead atoms. The van der Waals surface area contributed by atoms with E-state index >= 15 is 0 Å². The lowest BCUT2D eigenvalue weighted by Gasteiger charge is -2.29. The third-order valence-electron chi connectivity index (χ3n) is 6.67. The van der Waals surface area contributed by atoms with Gasteiger partial charge in [0.1, 0.15) is 17.1 Å². The molecule has 10 heteroatoms. The first-order chi connectivity index (χ1) is 20.3. The summed E-state index contributed by atoms with van der Waals surface area (Å²) in [5.41, 5.74) is 2.04. The third kappa shape index (κ3) is 5.30. The van der Waals surface area contributed by atoms with Crippen LogP contribution in [0.5, 0.6) is 11.5 Å². The minimum Gasteiger partial charge on any atom is -0.457 e. The predicted octanol–water partition coefficient (Wildman–Crippen LogP) is 8.26. The average Bonchev–Trinajstić information content (AvgIpc) is 3.24. The molecule has 0 aliphatic carbocycles. The van der Waals surface area contributed by atoms with Gasteiger partial charge in [-0.3, -0.25) is 19.8 Å². The fraction of sp³-hybridized carbons (Fsp3) is 0.0312. The van der Waals surface area contributed by atoms with Crippen molar-refractivity contribution in [1.82, 2.24) is 9.88 Å². The predicted molar refractivity (Wildman–Crippen MR) is 173 cm³/mol. The Bertz CT molecular complexity index is 1880. The fourth-order valence-corrected chi connectivity index (χ4v) is 6.61. The molecule has 0 spiro atoms. The van der Waals surface area contributed by atoms with E-state index < -0.39 is 11.8 Å². The number of thiocarbonyl (C=S) groups is 1. The second-order valence-electron chi connectivity index (χ2n) is 9.31. The van der Waals surface area contributed by atoms with Crippen LogP contribution in [-0.4, -0.2) is 21.5 Å². The molecule has 2 heterocycles. The second kappa shape index (κ2) is 11.7. The SMILES string of the molecule is Cn1c(Sc2c(Cl)cccc2Cl)c(/C=C2\C(=O)NC(=S)N(c3ccc(Oc4ccccc4)cc3)C2=O)c2ccccc21. The molecule has 6 nitrogen and oxygen atoms in total. The molecule has 0 atom stereocenters. The van der Waals surface area contributed by atoms with E-state index in [0.717, 1.165) is 15.9 Å². The van der Waals surface area contributed by atoms with Gasteiger partial charge in [0.2, 0.25) is 0 Å². The Balaban J connectivity index is 1.39. The van der Waals surface area contributed by atoms with E-state index in [9.17, 15) is 9.59 Å². The maximum Gasteiger partial charge on any atom is 0.270 e. The summed E-state index contributed by atoms with van der Waals surface area (Å²) in [7, 11) is 1.92. The zero-order valence-electron chi connectivity index (χ0n) is 22.0. The van der Waals surface area contributed by atoms with Gasteiger partial charge in [-0.05, 0) is 72.9 Å². The Morgan fingerprint density at radius 1 is 0.833 bits per heavy atom. The molecule has 1 aromatic heterocycles. The highest BCUT2D eigenvalue weighted by Gasteiger charge is 2.35. The molecule has 0 unspecified atom stereocenters. The van der Waals surface area contributed by atoms with E-state index in [1.807, 2.05) is 66.2 Å². The number of carbonyl (C=O) groups excluding carboxylic acids is 2. The van der Waals surface area contributed by atoms with Crippen molar-refractivity contribution in [3.8, 4) is 11.5 Å². The molecule has 4 aromatic carbocycles. The van der Waals surface area contributed by atoms with Crippen molar-refractivity contribution in [1.29, 1.82) is 0 Å². The molecule has 0 radical (unpaired) electrons. The lowest BCUT2D eigenvalue weighted by molar-refractivity contribution is -0.122. The van der Waals surface area contributed by atoms with Gasteiger partial charge in [0.25, 0.3) is 11.8 Å². The first-order valence-corrected chi connectivity index (χ1v) is 14.7. The third-order valence-corrected chi connectivity index (χ3v) is 9.14. The maximum atomic E-state index is 13.9. The number of fused-ring (bicyclic) bond motifs is 1. The number of halogens is 2. The van der Waals surface area contributed by atoms with Gasteiger partial charge in [-0.1, -0.05) is 77.4 Å². The maximum absolute atomic E-state index is 13.9. The number of amides is 2. The first-order valence-electron chi connectivity index (χ1n) is 12.8. The van der Waals surface area contributed by atoms with Crippen LogP contribution in [0.15, 0.2) is 113 Å². The molecule has 2 amide bonds. The Morgan fingerprint density at radius 3 is 2.19 bits per heavy atom. The largest absolute Gasteiger partial charge is 0.457 e. The van der Waals surface area contributed by atoms with Gasteiger partial charge in [-0.15, -0.1) is 0 Å². The monoisotopic (exact) mass is 629 g/mol. The number of rotatable bonds is 6. The molecule has 0 saturated carbocycles. The molecule has 1 aliphatic rings. The van der Waals surface area contributed by atoms with Crippen molar-refractivity contribution >= 4 is 86.8 Å². The number of hydrogen-bond acceptors (Lipinski definition) is 5. The van der Waals surface area contributed by atoms with Gasteiger partial charge in [-0.25, -0.2) is 0 Å². The minimum absolute atomic E-state index is 0.00533. The van der Waals surface area contributed by atoms with Crippen LogP contribution in [0.4, 0.5) is 5.69 Å². The number of carbonyl (C=O) groups is 2. The number of benzene rings is 4. The van der Waals surface area contributed by atoms with Crippen molar-refractivity contribution in [3.05, 3.63) is 118 Å². The summed E-state index contributed by atoms with van der Waals surface area (Å²) in [5.74, 6) is 0.162. The average molecular weight is 631 g/mol. The second-order valence-corrected chi connectivity index (χ2v) is 11.5. The number of para-hydroxylation sites is 2. The van der Waals surface area contributed by atoms with Gasteiger partial charge < -0.3 is 9.30 Å². The van der Waals surface area contributed by atoms with Crippen molar-refractivity contribution in [2.75, 3.05) is 4.90 Å². The fourth-order valence-electron chi connectivity index (χ4n) is 4.66. The molecule has 6 rings (SSSR count). The quantitative estimate of drug-likeness (QED) is 0.116. The Morgan fingerprint density at radius 2 is 1.48 bits per heavy atom. The number of hydrogen-bond donors (Lipinski definition) is 1. The summed E-state index contributed by atoms with van der Waals surface area (Å²) < 4.78 is 7.86. The highest BCUT2D eigenvalue weighted by atomic mass is 35.5. The van der Waals surface area contributed by atoms with Gasteiger partial charge in [0, 0.05) is 23.5 Å². The smallest absolute Gasteiger partial charge is 0.270 e. The van der Waals surface area contributed by atoms with Crippen molar-refractivity contribution in [3.63, 3.8) is 0 Å². The lowest BCUT2D eigenvalue weighted by atomic mass is 10.1. The summed E-state index contributed by atoms with van der Waals surface area (Å²) in [5, 5.41) is 5.29. The molecule has 208 valence electrons.